The van der Waals surface area contributed by atoms with Crippen LogP contribution >= 0.6 is 0 Å². The van der Waals surface area contributed by atoms with E-state index >= 15 is 0 Å². The Labute approximate surface area is 238 Å². The maximum absolute atomic E-state index is 14.3. The number of carbonyl (C=O) groups excluding carboxylic acids is 1. The third-order valence-electron chi connectivity index (χ3n) is 9.59. The molecule has 2 aliphatic heterocycles. The van der Waals surface area contributed by atoms with Crippen LogP contribution in [0, 0.1) is 16.6 Å². The van der Waals surface area contributed by atoms with Gasteiger partial charge in [0.25, 0.3) is 15.9 Å². The first-order valence-electron chi connectivity index (χ1n) is 13.3. The molecule has 1 unspecified atom stereocenters. The SMILES string of the molecule is CC12CCCC3(CC3)[C@]1(C)C(O)=C(C1=NS(=O)(=O)c3cc(NS(C)(=O)=O)ccc3N1)C(=O)N2Cc1ccc(F)cc1. The van der Waals surface area contributed by atoms with Gasteiger partial charge in [0, 0.05) is 12.2 Å². The van der Waals surface area contributed by atoms with Crippen LogP contribution in [0.1, 0.15) is 51.5 Å². The fourth-order valence-electron chi connectivity index (χ4n) is 7.14. The molecule has 1 amide bonds. The highest BCUT2D eigenvalue weighted by atomic mass is 32.2. The lowest BCUT2D eigenvalue weighted by Gasteiger charge is -2.62. The zero-order chi connectivity index (χ0) is 29.6. The topological polar surface area (TPSA) is 145 Å². The predicted octanol–water partition coefficient (Wildman–Crippen LogP) is 4.29. The zero-order valence-electron chi connectivity index (χ0n) is 22.9. The van der Waals surface area contributed by atoms with Crippen LogP contribution in [0.15, 0.2) is 63.1 Å². The van der Waals surface area contributed by atoms with Gasteiger partial charge in [-0.2, -0.15) is 8.42 Å². The minimum atomic E-state index is -4.39. The van der Waals surface area contributed by atoms with E-state index in [1.54, 1.807) is 17.0 Å². The van der Waals surface area contributed by atoms with E-state index < -0.39 is 42.7 Å². The number of hydrogen-bond donors (Lipinski definition) is 3. The van der Waals surface area contributed by atoms with Crippen molar-refractivity contribution in [3.63, 3.8) is 0 Å². The Balaban J connectivity index is 1.49. The van der Waals surface area contributed by atoms with Crippen molar-refractivity contribution in [1.29, 1.82) is 0 Å². The second-order valence-electron chi connectivity index (χ2n) is 11.9. The highest BCUT2D eigenvalue weighted by molar-refractivity contribution is 7.92. The van der Waals surface area contributed by atoms with Gasteiger partial charge in [0.2, 0.25) is 10.0 Å². The van der Waals surface area contributed by atoms with Crippen LogP contribution < -0.4 is 10.0 Å². The first-order valence-corrected chi connectivity index (χ1v) is 16.7. The molecule has 41 heavy (non-hydrogen) atoms. The largest absolute Gasteiger partial charge is 0.511 e. The molecule has 0 bridgehead atoms. The maximum Gasteiger partial charge on any atom is 0.286 e. The first kappa shape index (κ1) is 27.7. The number of rotatable bonds is 5. The number of halogens is 1. The van der Waals surface area contributed by atoms with Crippen molar-refractivity contribution in [1.82, 2.24) is 4.90 Å². The molecule has 3 N–H and O–H groups in total. The Morgan fingerprint density at radius 3 is 2.41 bits per heavy atom. The summed E-state index contributed by atoms with van der Waals surface area (Å²) in [6, 6.07) is 9.78. The summed E-state index contributed by atoms with van der Waals surface area (Å²) in [6.07, 6.45) is 5.05. The summed E-state index contributed by atoms with van der Waals surface area (Å²) in [5.74, 6) is -1.46. The molecule has 0 aromatic heterocycles. The van der Waals surface area contributed by atoms with Crippen LogP contribution in [0.2, 0.25) is 0 Å². The number of nitrogens with zero attached hydrogens (tertiary/aromatic N) is 2. The third kappa shape index (κ3) is 4.15. The summed E-state index contributed by atoms with van der Waals surface area (Å²) in [5.41, 5.74) is -1.32. The van der Waals surface area contributed by atoms with Gasteiger partial charge in [-0.3, -0.25) is 9.52 Å². The smallest absolute Gasteiger partial charge is 0.286 e. The van der Waals surface area contributed by atoms with Gasteiger partial charge in [-0.1, -0.05) is 18.6 Å². The van der Waals surface area contributed by atoms with E-state index in [1.807, 2.05) is 13.8 Å². The van der Waals surface area contributed by atoms with Gasteiger partial charge in [-0.25, -0.2) is 12.8 Å². The number of fused-ring (bicyclic) bond motifs is 3. The van der Waals surface area contributed by atoms with Crippen LogP contribution in [-0.2, 0) is 31.4 Å². The van der Waals surface area contributed by atoms with E-state index in [0.717, 1.165) is 38.0 Å². The average molecular weight is 603 g/mol. The molecule has 10 nitrogen and oxygen atoms in total. The van der Waals surface area contributed by atoms with Crippen LogP contribution in [0.3, 0.4) is 0 Å². The molecule has 2 aromatic rings. The molecular formula is C28H31FN4O6S2. The number of benzene rings is 2. The number of amidine groups is 1. The number of amides is 1. The monoisotopic (exact) mass is 602 g/mol. The molecule has 2 atom stereocenters. The van der Waals surface area contributed by atoms with Crippen molar-refractivity contribution in [3.8, 4) is 0 Å². The molecule has 13 heteroatoms. The molecule has 2 aliphatic carbocycles. The second-order valence-corrected chi connectivity index (χ2v) is 15.2. The normalized spacial score (nSPS) is 28.0. The van der Waals surface area contributed by atoms with E-state index in [-0.39, 0.29) is 45.4 Å². The van der Waals surface area contributed by atoms with Gasteiger partial charge < -0.3 is 15.3 Å². The molecule has 4 aliphatic rings. The Bertz CT molecular complexity index is 1770. The Morgan fingerprint density at radius 1 is 1.10 bits per heavy atom. The summed E-state index contributed by atoms with van der Waals surface area (Å²) < 4.78 is 69.9. The lowest BCUT2D eigenvalue weighted by Crippen LogP contribution is -2.68. The summed E-state index contributed by atoms with van der Waals surface area (Å²) in [5, 5.41) is 14.9. The van der Waals surface area contributed by atoms with E-state index in [2.05, 4.69) is 14.4 Å². The predicted molar refractivity (Wildman–Crippen MR) is 152 cm³/mol. The Kier molecular flexibility index (Phi) is 5.93. The average Bonchev–Trinajstić information content (AvgIpc) is 3.66. The molecule has 1 spiro atoms. The van der Waals surface area contributed by atoms with Gasteiger partial charge >= 0.3 is 0 Å². The van der Waals surface area contributed by atoms with Gasteiger partial charge in [0.15, 0.2) is 5.84 Å². The second kappa shape index (κ2) is 8.78. The van der Waals surface area contributed by atoms with Crippen LogP contribution in [-0.4, -0.2) is 50.4 Å². The molecule has 2 fully saturated rings. The maximum atomic E-state index is 14.3. The lowest BCUT2D eigenvalue weighted by molar-refractivity contribution is -0.155. The van der Waals surface area contributed by atoms with Crippen molar-refractivity contribution >= 4 is 43.2 Å². The molecule has 2 heterocycles. The Hall–Kier alpha value is -3.45. The zero-order valence-corrected chi connectivity index (χ0v) is 24.5. The van der Waals surface area contributed by atoms with E-state index in [9.17, 15) is 31.1 Å². The summed E-state index contributed by atoms with van der Waals surface area (Å²) >= 11 is 0. The fourth-order valence-corrected chi connectivity index (χ4v) is 8.84. The molecular weight excluding hydrogens is 571 g/mol. The molecule has 2 aromatic carbocycles. The molecule has 218 valence electrons. The number of hydrogen-bond acceptors (Lipinski definition) is 7. The van der Waals surface area contributed by atoms with Crippen molar-refractivity contribution in [2.45, 2.75) is 62.9 Å². The summed E-state index contributed by atoms with van der Waals surface area (Å²) in [4.78, 5) is 15.7. The quantitative estimate of drug-likeness (QED) is 0.463. The van der Waals surface area contributed by atoms with E-state index in [0.29, 0.717) is 12.0 Å². The molecule has 0 radical (unpaired) electrons. The summed E-state index contributed by atoms with van der Waals surface area (Å²) in [6.45, 7) is 4.06. The van der Waals surface area contributed by atoms with Crippen LogP contribution in [0.4, 0.5) is 15.8 Å². The number of sulfonamides is 2. The van der Waals surface area contributed by atoms with Crippen molar-refractivity contribution in [3.05, 3.63) is 65.2 Å². The van der Waals surface area contributed by atoms with Crippen molar-refractivity contribution in [2.75, 3.05) is 16.3 Å². The Morgan fingerprint density at radius 2 is 1.78 bits per heavy atom. The fraction of sp³-hybridized carbons (Fsp3) is 0.429. The lowest BCUT2D eigenvalue weighted by atomic mass is 9.51. The van der Waals surface area contributed by atoms with Gasteiger partial charge in [-0.05, 0) is 80.8 Å². The molecule has 2 saturated carbocycles. The van der Waals surface area contributed by atoms with Crippen LogP contribution in [0.25, 0.3) is 0 Å². The number of anilines is 2. The standard InChI is InChI=1S/C28H31FN4O6S2/c1-26-11-4-12-28(13-14-28)27(26,2)23(34)22(25(35)33(26)16-17-5-7-18(29)8-6-17)24-30-20-10-9-19(31-40(3,36)37)15-21(20)41(38,39)32-24/h5-10,15,31,34H,4,11-14,16H2,1-3H3,(H,30,32)/t26?,27-/m1/s1. The minimum Gasteiger partial charge on any atom is -0.511 e. The van der Waals surface area contributed by atoms with E-state index in [4.69, 9.17) is 0 Å². The summed E-state index contributed by atoms with van der Waals surface area (Å²) in [7, 11) is -8.05. The van der Waals surface area contributed by atoms with Gasteiger partial charge in [-0.15, -0.1) is 4.40 Å². The first-order chi connectivity index (χ1) is 19.1. The number of aliphatic hydroxyl groups is 1. The number of nitrogens with one attached hydrogen (secondary N) is 2. The number of aliphatic hydroxyl groups excluding tert-OH is 1. The van der Waals surface area contributed by atoms with Crippen LogP contribution in [0.5, 0.6) is 0 Å². The van der Waals surface area contributed by atoms with Gasteiger partial charge in [0.05, 0.1) is 22.9 Å². The minimum absolute atomic E-state index is 0.0395. The molecule has 0 saturated heterocycles. The highest BCUT2D eigenvalue weighted by Gasteiger charge is 2.72. The molecule has 6 rings (SSSR count). The van der Waals surface area contributed by atoms with Crippen molar-refractivity contribution < 1.29 is 31.1 Å². The number of carbonyl (C=O) groups is 1. The van der Waals surface area contributed by atoms with Crippen molar-refractivity contribution in [2.24, 2.45) is 15.2 Å². The highest BCUT2D eigenvalue weighted by Crippen LogP contribution is 2.73. The van der Waals surface area contributed by atoms with E-state index in [1.165, 1.54) is 24.3 Å². The third-order valence-corrected chi connectivity index (χ3v) is 11.5. The van der Waals surface area contributed by atoms with Gasteiger partial charge in [0.1, 0.15) is 22.0 Å².